The molecule has 53 heavy (non-hydrogen) atoms. The highest BCUT2D eigenvalue weighted by Gasteiger charge is 2.54. The third-order valence-electron chi connectivity index (χ3n) is 7.78. The molecule has 2 aliphatic heterocycles. The zero-order valence-corrected chi connectivity index (χ0v) is 30.8. The number of rotatable bonds is 12. The number of nitrogens with one attached hydrogen (secondary N) is 1. The lowest BCUT2D eigenvalue weighted by Gasteiger charge is -2.49. The van der Waals surface area contributed by atoms with E-state index in [0.717, 1.165) is 30.0 Å². The fraction of sp³-hybridized carbons (Fsp3) is 0.200. The van der Waals surface area contributed by atoms with Gasteiger partial charge in [-0.15, -0.1) is 23.1 Å². The molecule has 18 heteroatoms. The molecule has 2 amide bonds. The Labute approximate surface area is 313 Å². The van der Waals surface area contributed by atoms with Crippen molar-refractivity contribution in [3.05, 3.63) is 137 Å². The first-order valence-corrected chi connectivity index (χ1v) is 18.9. The molecule has 2 unspecified atom stereocenters. The summed E-state index contributed by atoms with van der Waals surface area (Å²) in [6.45, 7) is 3.86. The van der Waals surface area contributed by atoms with Gasteiger partial charge in [-0.2, -0.15) is 0 Å². The predicted octanol–water partition coefficient (Wildman–Crippen LogP) is 2.91. The topological polar surface area (TPSA) is 207 Å². The molecule has 0 spiro atoms. The van der Waals surface area contributed by atoms with E-state index in [9.17, 15) is 27.4 Å². The average molecular weight is 779 g/mol. The fourth-order valence-electron chi connectivity index (χ4n) is 5.34. The Morgan fingerprint density at radius 2 is 1.72 bits per heavy atom. The normalized spacial score (nSPS) is 17.3. The number of benzene rings is 2. The Morgan fingerprint density at radius 1 is 1.09 bits per heavy atom. The van der Waals surface area contributed by atoms with E-state index >= 15 is 0 Å². The summed E-state index contributed by atoms with van der Waals surface area (Å²) in [7, 11) is -1.73. The highest BCUT2D eigenvalue weighted by atomic mass is 32.3. The Bertz CT molecular complexity index is 2090. The number of hydrogen-bond donors (Lipinski definition) is 2. The summed E-state index contributed by atoms with van der Waals surface area (Å²) in [4.78, 5) is 51.5. The van der Waals surface area contributed by atoms with Crippen molar-refractivity contribution in [3.63, 3.8) is 0 Å². The molecule has 3 atom stereocenters. The number of thiazole rings is 1. The summed E-state index contributed by atoms with van der Waals surface area (Å²) in [6, 6.07) is 21.6. The first-order chi connectivity index (χ1) is 25.4. The second-order valence-electron chi connectivity index (χ2n) is 11.3. The zero-order valence-electron chi connectivity index (χ0n) is 28.3. The van der Waals surface area contributed by atoms with Crippen LogP contribution in [0.1, 0.15) is 34.6 Å². The third kappa shape index (κ3) is 9.73. The van der Waals surface area contributed by atoms with Crippen LogP contribution in [-0.4, -0.2) is 71.1 Å². The van der Waals surface area contributed by atoms with E-state index in [1.807, 2.05) is 96.8 Å². The van der Waals surface area contributed by atoms with Crippen LogP contribution in [0.5, 0.6) is 0 Å². The molecule has 4 heterocycles. The van der Waals surface area contributed by atoms with Crippen molar-refractivity contribution in [2.24, 2.45) is 12.2 Å². The Morgan fingerprint density at radius 3 is 2.26 bits per heavy atom. The summed E-state index contributed by atoms with van der Waals surface area (Å²) >= 11 is 2.68. The molecule has 0 bridgehead atoms. The standard InChI is InChI=1S/C34H30N6O5S2.CH4O4S/c1-3-21-19-46-32-27(38-26(41)17-36-45-30(25-20-47-34(35)37-25)24-15-10-16-39(2)18-24)31(42)40(32)28(21)33(43)44-29(22-11-6-4-7-12-22)23-13-8-5-9-14-23;1-5-6(2,3)4/h3-18,20,27,29-30,32H,1,19H2,2H3,(H2-,35,37,38,41);1H3,(H,2,3,4)/t27?,30?,32-;/m1./s1. The number of amides is 2. The molecule has 0 aliphatic carbocycles. The van der Waals surface area contributed by atoms with Gasteiger partial charge in [0, 0.05) is 17.2 Å². The fourth-order valence-corrected chi connectivity index (χ4v) is 7.25. The number of hydrogen-bond acceptors (Lipinski definition) is 14. The predicted molar refractivity (Wildman–Crippen MR) is 195 cm³/mol. The Hall–Kier alpha value is -5.40. The molecule has 1 saturated heterocycles. The molecule has 2 aliphatic rings. The van der Waals surface area contributed by atoms with E-state index in [4.69, 9.17) is 15.3 Å². The number of oxime groups is 1. The Balaban J connectivity index is 0.000000833. The molecule has 4 aromatic rings. The number of carbonyl (C=O) groups is 3. The second kappa shape index (κ2) is 17.4. The molecule has 2 aromatic heterocycles. The van der Waals surface area contributed by atoms with Crippen molar-refractivity contribution in [2.45, 2.75) is 23.6 Å². The van der Waals surface area contributed by atoms with Gasteiger partial charge in [0.2, 0.25) is 16.5 Å². The first-order valence-electron chi connectivity index (χ1n) is 15.7. The Kier molecular flexibility index (Phi) is 12.8. The lowest BCUT2D eigenvalue weighted by molar-refractivity contribution is -0.672. The maximum Gasteiger partial charge on any atom is 0.356 e. The molecule has 3 N–H and O–H groups in total. The van der Waals surface area contributed by atoms with Crippen molar-refractivity contribution in [3.8, 4) is 0 Å². The average Bonchev–Trinajstić information content (AvgIpc) is 3.59. The van der Waals surface area contributed by atoms with Gasteiger partial charge in [0.05, 0.1) is 12.7 Å². The van der Waals surface area contributed by atoms with Crippen LogP contribution in [0.15, 0.2) is 120 Å². The summed E-state index contributed by atoms with van der Waals surface area (Å²) in [6.07, 6.45) is 4.86. The van der Waals surface area contributed by atoms with Crippen LogP contribution in [0, 0.1) is 0 Å². The van der Waals surface area contributed by atoms with Crippen LogP contribution in [-0.2, 0) is 45.6 Å². The summed E-state index contributed by atoms with van der Waals surface area (Å²) < 4.78 is 39.0. The van der Waals surface area contributed by atoms with Crippen LogP contribution >= 0.6 is 23.1 Å². The molecule has 15 nitrogen and oxygen atoms in total. The van der Waals surface area contributed by atoms with Gasteiger partial charge in [0.25, 0.3) is 11.8 Å². The van der Waals surface area contributed by atoms with E-state index in [0.29, 0.717) is 22.2 Å². The molecule has 0 radical (unpaired) electrons. The number of nitrogens with two attached hydrogens (primary N) is 1. The number of nitrogen functional groups attached to an aromatic ring is 1. The number of nitrogens with zero attached hydrogens (tertiary/aromatic N) is 4. The highest BCUT2D eigenvalue weighted by molar-refractivity contribution is 8.00. The van der Waals surface area contributed by atoms with E-state index < -0.39 is 51.8 Å². The van der Waals surface area contributed by atoms with E-state index in [1.54, 1.807) is 11.5 Å². The number of fused-ring (bicyclic) bond motifs is 1. The quantitative estimate of drug-likeness (QED) is 0.0405. The minimum absolute atomic E-state index is 0.120. The molecule has 6 rings (SSSR count). The summed E-state index contributed by atoms with van der Waals surface area (Å²) in [5, 5.41) is 8.23. The van der Waals surface area contributed by atoms with E-state index in [2.05, 4.69) is 26.2 Å². The highest BCUT2D eigenvalue weighted by Crippen LogP contribution is 2.42. The molecule has 0 saturated carbocycles. The molecular formula is C35H34N6O9S3. The number of anilines is 1. The van der Waals surface area contributed by atoms with Gasteiger partial charge < -0.3 is 25.2 Å². The maximum absolute atomic E-state index is 13.8. The number of esters is 1. The summed E-state index contributed by atoms with van der Waals surface area (Å²) in [5.74, 6) is -1.33. The monoisotopic (exact) mass is 778 g/mol. The molecule has 1 fully saturated rings. The van der Waals surface area contributed by atoms with Crippen LogP contribution < -0.4 is 15.6 Å². The lowest BCUT2D eigenvalue weighted by Crippen LogP contribution is -2.70. The number of aryl methyl sites for hydroxylation is 1. The summed E-state index contributed by atoms with van der Waals surface area (Å²) in [5.41, 5.74) is 9.41. The van der Waals surface area contributed by atoms with Gasteiger partial charge in [-0.25, -0.2) is 22.8 Å². The van der Waals surface area contributed by atoms with Gasteiger partial charge in [0.15, 0.2) is 23.6 Å². The second-order valence-corrected chi connectivity index (χ2v) is 14.4. The van der Waals surface area contributed by atoms with Gasteiger partial charge in [-0.1, -0.05) is 78.5 Å². The number of ether oxygens (including phenoxy) is 1. The minimum Gasteiger partial charge on any atom is -0.726 e. The van der Waals surface area contributed by atoms with Crippen molar-refractivity contribution in [1.29, 1.82) is 0 Å². The van der Waals surface area contributed by atoms with Gasteiger partial charge in [0.1, 0.15) is 36.1 Å². The van der Waals surface area contributed by atoms with E-state index in [1.165, 1.54) is 28.0 Å². The largest absolute Gasteiger partial charge is 0.726 e. The van der Waals surface area contributed by atoms with Crippen LogP contribution in [0.25, 0.3) is 0 Å². The van der Waals surface area contributed by atoms with Gasteiger partial charge in [-0.3, -0.25) is 18.7 Å². The minimum atomic E-state index is -4.41. The molecule has 276 valence electrons. The van der Waals surface area contributed by atoms with Crippen molar-refractivity contribution >= 4 is 62.6 Å². The number of β-lactam (4-membered cyclic amide) rings is 1. The maximum atomic E-state index is 13.8. The third-order valence-corrected chi connectivity index (χ3v) is 10.2. The smallest absolute Gasteiger partial charge is 0.356 e. The van der Waals surface area contributed by atoms with Crippen molar-refractivity contribution < 1.29 is 45.7 Å². The first kappa shape index (κ1) is 38.8. The van der Waals surface area contributed by atoms with Crippen LogP contribution in [0.3, 0.4) is 0 Å². The van der Waals surface area contributed by atoms with Crippen molar-refractivity contribution in [2.75, 3.05) is 18.6 Å². The number of allylic oxidation sites excluding steroid dienone is 1. The number of aromatic nitrogens is 2. The lowest BCUT2D eigenvalue weighted by atomic mass is 10.0. The van der Waals surface area contributed by atoms with Gasteiger partial charge in [-0.05, 0) is 22.8 Å². The van der Waals surface area contributed by atoms with E-state index in [-0.39, 0.29) is 5.70 Å². The molecular weight excluding hydrogens is 745 g/mol. The SMILES string of the molecule is C=CC1=C(C(=O)OC(c2ccccc2)c2ccccc2)N2C(=O)C(NC(=O)C=NOC(c3ccc[n+](C)c3)c3csc(N)n3)[C@H]2SC1.COS(=O)(=O)[O-]. The van der Waals surface area contributed by atoms with Crippen LogP contribution in [0.4, 0.5) is 5.13 Å². The number of thioether (sulfide) groups is 1. The number of pyridine rings is 1. The van der Waals surface area contributed by atoms with Crippen molar-refractivity contribution in [1.82, 2.24) is 15.2 Å². The molecule has 2 aromatic carbocycles. The van der Waals surface area contributed by atoms with Gasteiger partial charge >= 0.3 is 5.97 Å². The zero-order chi connectivity index (χ0) is 38.1. The van der Waals surface area contributed by atoms with Crippen LogP contribution in [0.2, 0.25) is 0 Å². The number of carbonyl (C=O) groups excluding carboxylic acids is 3.